The predicted molar refractivity (Wildman–Crippen MR) is 203 cm³/mol. The van der Waals surface area contributed by atoms with Crippen LogP contribution in [0.4, 0.5) is 0 Å². The van der Waals surface area contributed by atoms with Crippen LogP contribution in [0.25, 0.3) is 5.57 Å². The summed E-state index contributed by atoms with van der Waals surface area (Å²) in [6, 6.07) is 7.50. The molecule has 51 heavy (non-hydrogen) atoms. The van der Waals surface area contributed by atoms with Crippen LogP contribution in [0.3, 0.4) is 0 Å². The minimum absolute atomic E-state index is 0.0336. The first-order valence-electron chi connectivity index (χ1n) is 19.9. The third kappa shape index (κ3) is 5.92. The van der Waals surface area contributed by atoms with Gasteiger partial charge in [-0.15, -0.1) is 0 Å². The smallest absolute Gasteiger partial charge is 0.335 e. The average molecular weight is 701 g/mol. The third-order valence-electron chi connectivity index (χ3n) is 16.3. The summed E-state index contributed by atoms with van der Waals surface area (Å²) in [4.78, 5) is 39.3. The lowest BCUT2D eigenvalue weighted by atomic mass is 9.32. The standard InChI is InChI=1S/C44H64N2O5/c1-9-46(26-19-36(47)48)27-25-45-39(51)44-22-16-31(28(2)3)37(44)33-14-15-35-41(6)20-17-32(29-10-12-30(13-11-29)38(49)50)40(4,5)34(41)18-21-43(35,8)42(33,7)23-24-44/h10-13,17,31,33-35,37H,2,9,14-16,18-27H2,1,3-8H3,(H,45,51)(H,47,48)(H,49,50)/t31-,33+,34-,35+,37?,41-,42+,43+,44-/m0/s1. The number of benzene rings is 1. The third-order valence-corrected chi connectivity index (χ3v) is 16.3. The second-order valence-electron chi connectivity index (χ2n) is 18.6. The van der Waals surface area contributed by atoms with Crippen molar-refractivity contribution < 1.29 is 24.6 Å². The fourth-order valence-corrected chi connectivity index (χ4v) is 13.6. The largest absolute Gasteiger partial charge is 0.481 e. The highest BCUT2D eigenvalue weighted by atomic mass is 16.4. The molecule has 0 heterocycles. The van der Waals surface area contributed by atoms with Gasteiger partial charge in [-0.1, -0.05) is 71.9 Å². The van der Waals surface area contributed by atoms with Gasteiger partial charge in [0.05, 0.1) is 17.4 Å². The molecule has 4 fully saturated rings. The van der Waals surface area contributed by atoms with E-state index in [2.05, 4.69) is 64.4 Å². The molecule has 1 aromatic carbocycles. The van der Waals surface area contributed by atoms with Gasteiger partial charge in [-0.2, -0.15) is 0 Å². The number of carboxylic acid groups (broad SMARTS) is 2. The molecule has 0 aliphatic heterocycles. The van der Waals surface area contributed by atoms with Gasteiger partial charge in [0.2, 0.25) is 5.91 Å². The number of carbonyl (C=O) groups excluding carboxylic acids is 1. The summed E-state index contributed by atoms with van der Waals surface area (Å²) >= 11 is 0. The number of fused-ring (bicyclic) bond motifs is 7. The summed E-state index contributed by atoms with van der Waals surface area (Å²) < 4.78 is 0. The van der Waals surface area contributed by atoms with Crippen LogP contribution < -0.4 is 5.32 Å². The van der Waals surface area contributed by atoms with Crippen LogP contribution in [0.15, 0.2) is 42.5 Å². The molecule has 7 heteroatoms. The van der Waals surface area contributed by atoms with Gasteiger partial charge >= 0.3 is 11.9 Å². The highest BCUT2D eigenvalue weighted by Gasteiger charge is 2.71. The summed E-state index contributed by atoms with van der Waals surface area (Å²) in [6.45, 7) is 23.9. The molecule has 1 aromatic rings. The van der Waals surface area contributed by atoms with Crippen LogP contribution in [0.5, 0.6) is 0 Å². The lowest BCUT2D eigenvalue weighted by molar-refractivity contribution is -0.225. The number of aliphatic carboxylic acids is 1. The molecule has 4 saturated carbocycles. The van der Waals surface area contributed by atoms with Crippen LogP contribution in [0, 0.1) is 56.7 Å². The Morgan fingerprint density at radius 1 is 0.882 bits per heavy atom. The number of hydrogen-bond donors (Lipinski definition) is 3. The zero-order chi connectivity index (χ0) is 37.1. The molecule has 3 N–H and O–H groups in total. The fraction of sp³-hybridized carbons (Fsp3) is 0.705. The minimum Gasteiger partial charge on any atom is -0.481 e. The van der Waals surface area contributed by atoms with Gasteiger partial charge in [0.25, 0.3) is 0 Å². The summed E-state index contributed by atoms with van der Waals surface area (Å²) in [5, 5.41) is 22.0. The second kappa shape index (κ2) is 13.5. The monoisotopic (exact) mass is 700 g/mol. The van der Waals surface area contributed by atoms with Gasteiger partial charge in [-0.3, -0.25) is 9.59 Å². The SMILES string of the molecule is C=C(C)[C@@H]1CC[C@]2(C(=O)NCCN(CC)CCC(=O)O)CC[C@]3(C)[C@H](CC[C@@H]4[C@@]5(C)CC=C(c6ccc(C(=O)O)cc6)C(C)(C)[C@@H]5CC[C@]43C)C12. The highest BCUT2D eigenvalue weighted by molar-refractivity contribution is 5.88. The van der Waals surface area contributed by atoms with Gasteiger partial charge in [0, 0.05) is 19.6 Å². The summed E-state index contributed by atoms with van der Waals surface area (Å²) in [7, 11) is 0. The average Bonchev–Trinajstić information content (AvgIpc) is 3.48. The van der Waals surface area contributed by atoms with Gasteiger partial charge in [-0.05, 0) is 146 Å². The molecule has 1 amide bonds. The molecule has 0 saturated heterocycles. The fourth-order valence-electron chi connectivity index (χ4n) is 13.6. The van der Waals surface area contributed by atoms with Crippen molar-refractivity contribution in [3.63, 3.8) is 0 Å². The zero-order valence-electron chi connectivity index (χ0n) is 32.4. The Kier molecular flexibility index (Phi) is 10.00. The van der Waals surface area contributed by atoms with Crippen LogP contribution >= 0.6 is 0 Å². The van der Waals surface area contributed by atoms with E-state index < -0.39 is 11.9 Å². The number of likely N-dealkylation sites (N-methyl/N-ethyl adjacent to an activating group) is 1. The predicted octanol–water partition coefficient (Wildman–Crippen LogP) is 8.95. The van der Waals surface area contributed by atoms with Gasteiger partial charge in [0.15, 0.2) is 0 Å². The number of nitrogens with zero attached hydrogens (tertiary/aromatic N) is 1. The lowest BCUT2D eigenvalue weighted by Gasteiger charge is -2.72. The van der Waals surface area contributed by atoms with Crippen molar-refractivity contribution in [3.8, 4) is 0 Å². The molecule has 0 bridgehead atoms. The molecular formula is C44H64N2O5. The van der Waals surface area contributed by atoms with Crippen molar-refractivity contribution >= 4 is 23.4 Å². The maximum atomic E-state index is 14.5. The molecule has 0 spiro atoms. The van der Waals surface area contributed by atoms with Crippen molar-refractivity contribution in [2.24, 2.45) is 56.7 Å². The Morgan fingerprint density at radius 3 is 2.22 bits per heavy atom. The number of aromatic carboxylic acids is 1. The Bertz CT molecular complexity index is 1580. The molecule has 5 aliphatic carbocycles. The van der Waals surface area contributed by atoms with E-state index in [0.717, 1.165) is 50.6 Å². The number of nitrogens with one attached hydrogen (secondary N) is 1. The maximum Gasteiger partial charge on any atom is 0.335 e. The molecule has 7 nitrogen and oxygen atoms in total. The van der Waals surface area contributed by atoms with Gasteiger partial charge in [0.1, 0.15) is 0 Å². The maximum absolute atomic E-state index is 14.5. The normalized spacial score (nSPS) is 38.0. The summed E-state index contributed by atoms with van der Waals surface area (Å²) in [6.07, 6.45) is 12.4. The van der Waals surface area contributed by atoms with Crippen LogP contribution in [0.1, 0.15) is 129 Å². The van der Waals surface area contributed by atoms with Gasteiger partial charge in [-0.25, -0.2) is 4.79 Å². The van der Waals surface area contributed by atoms with Crippen molar-refractivity contribution in [2.75, 3.05) is 26.2 Å². The zero-order valence-corrected chi connectivity index (χ0v) is 32.4. The van der Waals surface area contributed by atoms with E-state index in [1.165, 1.54) is 30.4 Å². The summed E-state index contributed by atoms with van der Waals surface area (Å²) in [5.74, 6) is 0.806. The molecule has 280 valence electrons. The number of rotatable bonds is 11. The minimum atomic E-state index is -0.886. The Balaban J connectivity index is 1.26. The molecule has 0 radical (unpaired) electrons. The number of carbonyl (C=O) groups is 3. The molecule has 5 aliphatic rings. The van der Waals surface area contributed by atoms with Crippen LogP contribution in [0.2, 0.25) is 0 Å². The number of amides is 1. The van der Waals surface area contributed by atoms with E-state index in [0.29, 0.717) is 54.8 Å². The van der Waals surface area contributed by atoms with E-state index in [9.17, 15) is 19.5 Å². The first-order chi connectivity index (χ1) is 24.0. The number of carboxylic acids is 2. The molecule has 9 atom stereocenters. The second-order valence-corrected chi connectivity index (χ2v) is 18.6. The van der Waals surface area contributed by atoms with Crippen molar-refractivity contribution in [2.45, 2.75) is 113 Å². The quantitative estimate of drug-likeness (QED) is 0.199. The molecular weight excluding hydrogens is 636 g/mol. The number of hydrogen-bond acceptors (Lipinski definition) is 4. The first kappa shape index (κ1) is 37.8. The van der Waals surface area contributed by atoms with Crippen molar-refractivity contribution in [3.05, 3.63) is 53.6 Å². The van der Waals surface area contributed by atoms with E-state index in [-0.39, 0.29) is 39.4 Å². The Labute approximate surface area is 306 Å². The Hall–Kier alpha value is -2.93. The van der Waals surface area contributed by atoms with Crippen molar-refractivity contribution in [1.82, 2.24) is 10.2 Å². The first-order valence-corrected chi connectivity index (χ1v) is 19.9. The van der Waals surface area contributed by atoms with Crippen LogP contribution in [-0.2, 0) is 9.59 Å². The lowest BCUT2D eigenvalue weighted by Crippen LogP contribution is -2.66. The highest BCUT2D eigenvalue weighted by Crippen LogP contribution is 2.77. The summed E-state index contributed by atoms with van der Waals surface area (Å²) in [5.41, 5.74) is 4.13. The van der Waals surface area contributed by atoms with E-state index >= 15 is 0 Å². The molecule has 6 rings (SSSR count). The van der Waals surface area contributed by atoms with Crippen molar-refractivity contribution in [1.29, 1.82) is 0 Å². The van der Waals surface area contributed by atoms with Crippen LogP contribution in [-0.4, -0.2) is 59.1 Å². The van der Waals surface area contributed by atoms with E-state index in [1.807, 2.05) is 19.1 Å². The molecule has 0 aromatic heterocycles. The molecule has 1 unspecified atom stereocenters. The number of allylic oxidation sites excluding steroid dienone is 3. The topological polar surface area (TPSA) is 107 Å². The van der Waals surface area contributed by atoms with E-state index in [1.54, 1.807) is 12.1 Å². The Morgan fingerprint density at radius 2 is 1.59 bits per heavy atom. The van der Waals surface area contributed by atoms with E-state index in [4.69, 9.17) is 5.11 Å². The van der Waals surface area contributed by atoms with Gasteiger partial charge < -0.3 is 20.4 Å².